The molecule has 1 aromatic rings. The van der Waals surface area contributed by atoms with Crippen molar-refractivity contribution in [3.63, 3.8) is 0 Å². The SMILES string of the molecule is C=CCCC(=O)N(C)[C@@H](C)[C@@H](OC(=O)[C@@H]1[C@@H]2CC[C@]3(O2)[C@H](C(=O)N(CC=C)CCCC)N([C@@H](CO)[C@@H](C)CC)C(=O)[C@@H]13)c1ccccc1. The zero-order valence-corrected chi connectivity index (χ0v) is 29.4. The molecule has 0 aromatic heterocycles. The lowest BCUT2D eigenvalue weighted by Gasteiger charge is -2.41. The highest BCUT2D eigenvalue weighted by Crippen LogP contribution is 2.59. The molecule has 3 saturated heterocycles. The van der Waals surface area contributed by atoms with Gasteiger partial charge >= 0.3 is 5.97 Å². The smallest absolute Gasteiger partial charge is 0.313 e. The molecule has 3 fully saturated rings. The van der Waals surface area contributed by atoms with Crippen LogP contribution in [0.2, 0.25) is 0 Å². The van der Waals surface area contributed by atoms with Gasteiger partial charge in [0.05, 0.1) is 36.6 Å². The molecule has 1 spiro atoms. The highest BCUT2D eigenvalue weighted by Gasteiger charge is 2.76. The average molecular weight is 666 g/mol. The standard InChI is InChI=1S/C38H55N3O7/c1-8-12-19-30(43)39(7)26(6)33(27-17-15-14-16-18-27)47-37(46)31-29-20-21-38(48-29)32(31)35(44)41(28(24-42)25(5)11-4)34(38)36(45)40(22-10-3)23-13-9-2/h8,10,14-18,25-26,28-29,31-34,42H,1,3,9,11-13,19-24H2,2,4-7H3/t25-,26-,28-,29-,31+,32+,33+,34-,38+/m0/s1. The average Bonchev–Trinajstić information content (AvgIpc) is 3.75. The number of unbranched alkanes of at least 4 members (excludes halogenated alkanes) is 1. The molecule has 264 valence electrons. The number of benzene rings is 1. The maximum absolute atomic E-state index is 14.7. The highest BCUT2D eigenvalue weighted by atomic mass is 16.6. The van der Waals surface area contributed by atoms with E-state index in [-0.39, 0.29) is 36.7 Å². The molecule has 0 aliphatic carbocycles. The zero-order valence-electron chi connectivity index (χ0n) is 29.4. The van der Waals surface area contributed by atoms with Crippen LogP contribution in [0.3, 0.4) is 0 Å². The topological polar surface area (TPSA) is 117 Å². The Hall–Kier alpha value is -3.50. The molecule has 0 radical (unpaired) electrons. The van der Waals surface area contributed by atoms with Crippen LogP contribution in [0.25, 0.3) is 0 Å². The van der Waals surface area contributed by atoms with Crippen molar-refractivity contribution in [2.24, 2.45) is 17.8 Å². The first-order valence-electron chi connectivity index (χ1n) is 17.6. The normalized spacial score (nSPS) is 26.7. The summed E-state index contributed by atoms with van der Waals surface area (Å²) >= 11 is 0. The number of ether oxygens (including phenoxy) is 2. The predicted molar refractivity (Wildman–Crippen MR) is 183 cm³/mol. The summed E-state index contributed by atoms with van der Waals surface area (Å²) in [6.07, 6.45) is 6.08. The van der Waals surface area contributed by atoms with Crippen LogP contribution >= 0.6 is 0 Å². The van der Waals surface area contributed by atoms with E-state index in [9.17, 15) is 24.3 Å². The van der Waals surface area contributed by atoms with Crippen molar-refractivity contribution in [3.8, 4) is 0 Å². The summed E-state index contributed by atoms with van der Waals surface area (Å²) in [4.78, 5) is 61.5. The van der Waals surface area contributed by atoms with Gasteiger partial charge in [-0.2, -0.15) is 0 Å². The molecule has 1 aromatic carbocycles. The summed E-state index contributed by atoms with van der Waals surface area (Å²) < 4.78 is 13.0. The predicted octanol–water partition coefficient (Wildman–Crippen LogP) is 4.68. The molecule has 3 amide bonds. The molecule has 10 heteroatoms. The summed E-state index contributed by atoms with van der Waals surface area (Å²) in [5.41, 5.74) is -0.499. The summed E-state index contributed by atoms with van der Waals surface area (Å²) in [5, 5.41) is 10.6. The Morgan fingerprint density at radius 2 is 1.88 bits per heavy atom. The lowest BCUT2D eigenvalue weighted by Crippen LogP contribution is -2.59. The summed E-state index contributed by atoms with van der Waals surface area (Å²) in [6, 6.07) is 7.16. The lowest BCUT2D eigenvalue weighted by atomic mass is 9.70. The summed E-state index contributed by atoms with van der Waals surface area (Å²) in [5.74, 6) is -3.26. The molecule has 10 nitrogen and oxygen atoms in total. The van der Waals surface area contributed by atoms with E-state index in [2.05, 4.69) is 20.1 Å². The number of hydrogen-bond donors (Lipinski definition) is 1. The third-order valence-corrected chi connectivity index (χ3v) is 10.9. The van der Waals surface area contributed by atoms with Crippen molar-refractivity contribution < 1.29 is 33.8 Å². The van der Waals surface area contributed by atoms with Crippen molar-refractivity contribution >= 4 is 23.7 Å². The van der Waals surface area contributed by atoms with E-state index in [1.54, 1.807) is 33.9 Å². The van der Waals surface area contributed by atoms with Gasteiger partial charge in [0.2, 0.25) is 17.7 Å². The van der Waals surface area contributed by atoms with E-state index >= 15 is 0 Å². The number of carbonyl (C=O) groups excluding carboxylic acids is 4. The van der Waals surface area contributed by atoms with E-state index in [4.69, 9.17) is 9.47 Å². The minimum Gasteiger partial charge on any atom is -0.455 e. The van der Waals surface area contributed by atoms with Crippen LogP contribution in [0.4, 0.5) is 0 Å². The number of hydrogen-bond acceptors (Lipinski definition) is 7. The van der Waals surface area contributed by atoms with Crippen molar-refractivity contribution in [1.82, 2.24) is 14.7 Å². The van der Waals surface area contributed by atoms with Gasteiger partial charge in [-0.15, -0.1) is 13.2 Å². The van der Waals surface area contributed by atoms with Gasteiger partial charge < -0.3 is 29.3 Å². The second-order valence-electron chi connectivity index (χ2n) is 13.7. The second-order valence-corrected chi connectivity index (χ2v) is 13.7. The van der Waals surface area contributed by atoms with Gasteiger partial charge in [0.1, 0.15) is 17.7 Å². The molecule has 2 bridgehead atoms. The number of nitrogens with zero attached hydrogens (tertiary/aromatic N) is 3. The Morgan fingerprint density at radius 1 is 1.17 bits per heavy atom. The molecule has 3 aliphatic heterocycles. The first-order chi connectivity index (χ1) is 23.0. The molecule has 9 atom stereocenters. The Kier molecular flexibility index (Phi) is 12.6. The molecular formula is C38H55N3O7. The fourth-order valence-corrected chi connectivity index (χ4v) is 7.90. The fourth-order valence-electron chi connectivity index (χ4n) is 7.90. The van der Waals surface area contributed by atoms with Crippen molar-refractivity contribution in [3.05, 3.63) is 61.2 Å². The number of esters is 1. The maximum Gasteiger partial charge on any atom is 0.313 e. The number of rotatable bonds is 18. The lowest BCUT2D eigenvalue weighted by molar-refractivity contribution is -0.165. The van der Waals surface area contributed by atoms with E-state index in [1.165, 1.54) is 0 Å². The van der Waals surface area contributed by atoms with E-state index < -0.39 is 53.7 Å². The monoisotopic (exact) mass is 665 g/mol. The number of carbonyl (C=O) groups is 4. The Morgan fingerprint density at radius 3 is 2.48 bits per heavy atom. The number of likely N-dealkylation sites (tertiary alicyclic amines) is 1. The van der Waals surface area contributed by atoms with Crippen LogP contribution in [0.5, 0.6) is 0 Å². The van der Waals surface area contributed by atoms with Gasteiger partial charge in [0.25, 0.3) is 0 Å². The van der Waals surface area contributed by atoms with E-state index in [0.717, 1.165) is 18.4 Å². The van der Waals surface area contributed by atoms with Crippen LogP contribution < -0.4 is 0 Å². The number of aliphatic hydroxyl groups excluding tert-OH is 1. The van der Waals surface area contributed by atoms with Gasteiger partial charge in [-0.3, -0.25) is 19.2 Å². The second kappa shape index (κ2) is 16.3. The Labute approximate surface area is 286 Å². The van der Waals surface area contributed by atoms with Crippen LogP contribution in [0.1, 0.15) is 84.3 Å². The first kappa shape index (κ1) is 37.3. The molecule has 3 aliphatic rings. The molecule has 0 saturated carbocycles. The third kappa shape index (κ3) is 6.97. The van der Waals surface area contributed by atoms with Crippen LogP contribution in [-0.2, 0) is 28.7 Å². The molecule has 1 N–H and O–H groups in total. The molecule has 0 unspecified atom stereocenters. The highest BCUT2D eigenvalue weighted by molar-refractivity contribution is 5.98. The first-order valence-corrected chi connectivity index (χ1v) is 17.6. The third-order valence-electron chi connectivity index (χ3n) is 10.9. The van der Waals surface area contributed by atoms with Crippen molar-refractivity contribution in [2.45, 2.75) is 109 Å². The number of allylic oxidation sites excluding steroid dienone is 1. The minimum absolute atomic E-state index is 0.100. The molecular weight excluding hydrogens is 610 g/mol. The Bertz CT molecular complexity index is 1320. The fraction of sp³-hybridized carbons (Fsp3) is 0.632. The van der Waals surface area contributed by atoms with Crippen LogP contribution in [-0.4, -0.2) is 100 Å². The molecule has 48 heavy (non-hydrogen) atoms. The maximum atomic E-state index is 14.7. The number of aliphatic hydroxyl groups is 1. The van der Waals surface area contributed by atoms with E-state index in [0.29, 0.717) is 38.8 Å². The largest absolute Gasteiger partial charge is 0.455 e. The van der Waals surface area contributed by atoms with E-state index in [1.807, 2.05) is 51.1 Å². The number of amides is 3. The minimum atomic E-state index is -1.22. The number of likely N-dealkylation sites (N-methyl/N-ethyl adjacent to an activating group) is 1. The zero-order chi connectivity index (χ0) is 35.2. The molecule has 4 rings (SSSR count). The van der Waals surface area contributed by atoms with Gasteiger partial charge in [0.15, 0.2) is 0 Å². The van der Waals surface area contributed by atoms with Crippen LogP contribution in [0.15, 0.2) is 55.6 Å². The van der Waals surface area contributed by atoms with Gasteiger partial charge in [-0.25, -0.2) is 0 Å². The summed E-state index contributed by atoms with van der Waals surface area (Å²) in [6.45, 7) is 15.9. The van der Waals surface area contributed by atoms with Crippen molar-refractivity contribution in [1.29, 1.82) is 0 Å². The summed E-state index contributed by atoms with van der Waals surface area (Å²) in [7, 11) is 1.70. The molecule has 3 heterocycles. The quantitative estimate of drug-likeness (QED) is 0.179. The van der Waals surface area contributed by atoms with Gasteiger partial charge in [-0.1, -0.05) is 76.1 Å². The van der Waals surface area contributed by atoms with Crippen LogP contribution in [0, 0.1) is 17.8 Å². The number of fused-ring (bicyclic) bond motifs is 1. The Balaban J connectivity index is 1.73. The van der Waals surface area contributed by atoms with Gasteiger partial charge in [-0.05, 0) is 44.1 Å². The van der Waals surface area contributed by atoms with Crippen molar-refractivity contribution in [2.75, 3.05) is 26.7 Å². The van der Waals surface area contributed by atoms with Gasteiger partial charge in [0, 0.05) is 26.6 Å².